The highest BCUT2D eigenvalue weighted by atomic mass is 35.5. The summed E-state index contributed by atoms with van der Waals surface area (Å²) in [6.45, 7) is 0. The smallest absolute Gasteiger partial charge is 0.251 e. The van der Waals surface area contributed by atoms with Crippen molar-refractivity contribution in [2.45, 2.75) is 36.6 Å². The topological polar surface area (TPSA) is 63.2 Å². The molecule has 1 aromatic carbocycles. The maximum Gasteiger partial charge on any atom is 0.251 e. The summed E-state index contributed by atoms with van der Waals surface area (Å²) in [5.74, 6) is 0.992. The summed E-state index contributed by atoms with van der Waals surface area (Å²) in [6.07, 6.45) is 5.80. The Hall–Kier alpha value is -1.07. The summed E-state index contributed by atoms with van der Waals surface area (Å²) in [5, 5.41) is 3.23. The van der Waals surface area contributed by atoms with Gasteiger partial charge in [-0.2, -0.15) is 0 Å². The number of amides is 1. The number of hydrogen-bond acceptors (Lipinski definition) is 3. The highest BCUT2D eigenvalue weighted by molar-refractivity contribution is 7.90. The van der Waals surface area contributed by atoms with E-state index >= 15 is 0 Å². The van der Waals surface area contributed by atoms with Gasteiger partial charge < -0.3 is 5.32 Å². The fourth-order valence-corrected chi connectivity index (χ4v) is 4.00. The Bertz CT molecular complexity index is 666. The molecule has 0 aromatic heterocycles. The average Bonchev–Trinajstić information content (AvgIpc) is 3.27. The van der Waals surface area contributed by atoms with Crippen molar-refractivity contribution in [3.8, 4) is 0 Å². The first-order chi connectivity index (χ1) is 9.86. The first-order valence-electron chi connectivity index (χ1n) is 7.17. The van der Waals surface area contributed by atoms with Crippen molar-refractivity contribution < 1.29 is 13.2 Å². The van der Waals surface area contributed by atoms with E-state index in [0.717, 1.165) is 6.26 Å². The fourth-order valence-electron chi connectivity index (χ4n) is 2.69. The monoisotopic (exact) mass is 327 g/mol. The molecule has 0 bridgehead atoms. The van der Waals surface area contributed by atoms with Crippen molar-refractivity contribution in [2.24, 2.45) is 11.8 Å². The van der Waals surface area contributed by atoms with Crippen LogP contribution in [0.5, 0.6) is 0 Å². The Morgan fingerprint density at radius 3 is 2.29 bits per heavy atom. The third-order valence-corrected chi connectivity index (χ3v) is 5.73. The standard InChI is InChI=1S/C15H18ClNO3S/c1-21(19,20)13-8-11(6-7-12(13)16)15(18)17-14(9-2-3-9)10-4-5-10/h6-10,14H,2-5H2,1H3,(H,17,18). The summed E-state index contributed by atoms with van der Waals surface area (Å²) in [5.41, 5.74) is 0.353. The first-order valence-corrected chi connectivity index (χ1v) is 9.43. The number of nitrogens with one attached hydrogen (secondary N) is 1. The molecular formula is C15H18ClNO3S. The van der Waals surface area contributed by atoms with E-state index in [1.807, 2.05) is 0 Å². The molecule has 6 heteroatoms. The lowest BCUT2D eigenvalue weighted by Gasteiger charge is -2.18. The van der Waals surface area contributed by atoms with Gasteiger partial charge in [0.25, 0.3) is 5.91 Å². The lowest BCUT2D eigenvalue weighted by molar-refractivity contribution is 0.0926. The molecule has 0 atom stereocenters. The van der Waals surface area contributed by atoms with E-state index in [2.05, 4.69) is 5.32 Å². The van der Waals surface area contributed by atoms with Crippen LogP contribution in [-0.4, -0.2) is 26.6 Å². The molecule has 3 rings (SSSR count). The van der Waals surface area contributed by atoms with E-state index in [-0.39, 0.29) is 21.9 Å². The number of benzene rings is 1. The van der Waals surface area contributed by atoms with Crippen molar-refractivity contribution in [1.82, 2.24) is 5.32 Å². The number of carbonyl (C=O) groups excluding carboxylic acids is 1. The van der Waals surface area contributed by atoms with Gasteiger partial charge in [-0.05, 0) is 55.7 Å². The maximum absolute atomic E-state index is 12.4. The normalized spacial score (nSPS) is 18.8. The molecule has 2 aliphatic rings. The van der Waals surface area contributed by atoms with Gasteiger partial charge >= 0.3 is 0 Å². The van der Waals surface area contributed by atoms with E-state index < -0.39 is 9.84 Å². The van der Waals surface area contributed by atoms with Crippen LogP contribution < -0.4 is 5.32 Å². The van der Waals surface area contributed by atoms with Gasteiger partial charge in [0.1, 0.15) is 0 Å². The Morgan fingerprint density at radius 1 is 1.24 bits per heavy atom. The molecule has 4 nitrogen and oxygen atoms in total. The van der Waals surface area contributed by atoms with Crippen molar-refractivity contribution in [2.75, 3.05) is 6.26 Å². The van der Waals surface area contributed by atoms with Gasteiger partial charge in [0.15, 0.2) is 9.84 Å². The minimum absolute atomic E-state index is 0.00575. The third-order valence-electron chi connectivity index (χ3n) is 4.15. The highest BCUT2D eigenvalue weighted by Crippen LogP contribution is 2.44. The Morgan fingerprint density at radius 2 is 1.81 bits per heavy atom. The van der Waals surface area contributed by atoms with Crippen LogP contribution >= 0.6 is 11.6 Å². The van der Waals surface area contributed by atoms with Gasteiger partial charge in [0.2, 0.25) is 0 Å². The molecule has 2 aliphatic carbocycles. The van der Waals surface area contributed by atoms with Gasteiger partial charge in [0.05, 0.1) is 9.92 Å². The van der Waals surface area contributed by atoms with Crippen LogP contribution in [0.4, 0.5) is 0 Å². The number of hydrogen-bond donors (Lipinski definition) is 1. The minimum Gasteiger partial charge on any atom is -0.349 e. The van der Waals surface area contributed by atoms with Crippen LogP contribution in [0.25, 0.3) is 0 Å². The predicted octanol–water partition coefficient (Wildman–Crippen LogP) is 2.66. The van der Waals surface area contributed by atoms with E-state index in [0.29, 0.717) is 17.4 Å². The second-order valence-corrected chi connectivity index (χ2v) is 8.48. The van der Waals surface area contributed by atoms with E-state index in [4.69, 9.17) is 11.6 Å². The van der Waals surface area contributed by atoms with Crippen LogP contribution in [0.1, 0.15) is 36.0 Å². The number of carbonyl (C=O) groups is 1. The number of rotatable bonds is 5. The molecule has 1 aromatic rings. The van der Waals surface area contributed by atoms with E-state index in [1.54, 1.807) is 6.07 Å². The molecule has 0 spiro atoms. The molecular weight excluding hydrogens is 310 g/mol. The molecule has 114 valence electrons. The number of halogens is 1. The molecule has 21 heavy (non-hydrogen) atoms. The van der Waals surface area contributed by atoms with E-state index in [1.165, 1.54) is 37.8 Å². The quantitative estimate of drug-likeness (QED) is 0.904. The molecule has 0 unspecified atom stereocenters. The van der Waals surface area contributed by atoms with Crippen molar-refractivity contribution in [3.05, 3.63) is 28.8 Å². The molecule has 2 fully saturated rings. The van der Waals surface area contributed by atoms with Crippen LogP contribution in [0.3, 0.4) is 0 Å². The van der Waals surface area contributed by atoms with Gasteiger partial charge in [-0.25, -0.2) is 8.42 Å². The fraction of sp³-hybridized carbons (Fsp3) is 0.533. The summed E-state index contributed by atoms with van der Waals surface area (Å²) in [6, 6.07) is 4.65. The highest BCUT2D eigenvalue weighted by Gasteiger charge is 2.42. The lowest BCUT2D eigenvalue weighted by Crippen LogP contribution is -2.38. The van der Waals surface area contributed by atoms with Crippen LogP contribution in [0.15, 0.2) is 23.1 Å². The molecule has 1 N–H and O–H groups in total. The summed E-state index contributed by atoms with van der Waals surface area (Å²) in [7, 11) is -3.44. The Balaban J connectivity index is 1.81. The van der Waals surface area contributed by atoms with Crippen LogP contribution in [-0.2, 0) is 9.84 Å². The largest absolute Gasteiger partial charge is 0.349 e. The minimum atomic E-state index is -3.44. The second kappa shape index (κ2) is 5.29. The SMILES string of the molecule is CS(=O)(=O)c1cc(C(=O)NC(C2CC2)C2CC2)ccc1Cl. The zero-order chi connectivity index (χ0) is 15.2. The molecule has 0 saturated heterocycles. The van der Waals surface area contributed by atoms with Gasteiger partial charge in [-0.3, -0.25) is 4.79 Å². The van der Waals surface area contributed by atoms with Gasteiger partial charge in [-0.15, -0.1) is 0 Å². The van der Waals surface area contributed by atoms with Gasteiger partial charge in [0, 0.05) is 17.9 Å². The number of sulfone groups is 1. The summed E-state index contributed by atoms with van der Waals surface area (Å²) < 4.78 is 23.3. The zero-order valence-electron chi connectivity index (χ0n) is 11.8. The van der Waals surface area contributed by atoms with Crippen molar-refractivity contribution in [1.29, 1.82) is 0 Å². The molecule has 0 radical (unpaired) electrons. The van der Waals surface area contributed by atoms with Crippen molar-refractivity contribution >= 4 is 27.3 Å². The summed E-state index contributed by atoms with van der Waals surface area (Å²) >= 11 is 5.90. The zero-order valence-corrected chi connectivity index (χ0v) is 13.4. The molecule has 1 amide bonds. The average molecular weight is 328 g/mol. The lowest BCUT2D eigenvalue weighted by atomic mass is 10.1. The molecule has 0 aliphatic heterocycles. The Labute approximate surface area is 129 Å². The molecule has 2 saturated carbocycles. The van der Waals surface area contributed by atoms with Crippen LogP contribution in [0.2, 0.25) is 5.02 Å². The Kier molecular flexibility index (Phi) is 3.74. The molecule has 0 heterocycles. The van der Waals surface area contributed by atoms with E-state index in [9.17, 15) is 13.2 Å². The summed E-state index contributed by atoms with van der Waals surface area (Å²) in [4.78, 5) is 12.4. The predicted molar refractivity (Wildman–Crippen MR) is 81.3 cm³/mol. The maximum atomic E-state index is 12.4. The first kappa shape index (κ1) is 14.9. The third kappa shape index (κ3) is 3.40. The van der Waals surface area contributed by atoms with Crippen LogP contribution in [0, 0.1) is 11.8 Å². The van der Waals surface area contributed by atoms with Gasteiger partial charge in [-0.1, -0.05) is 11.6 Å². The van der Waals surface area contributed by atoms with Crippen molar-refractivity contribution in [3.63, 3.8) is 0 Å². The second-order valence-electron chi connectivity index (χ2n) is 6.09.